The van der Waals surface area contributed by atoms with Crippen LogP contribution in [0, 0.1) is 6.92 Å². The number of carbonyl (C=O) groups is 2. The van der Waals surface area contributed by atoms with Crippen LogP contribution in [0.2, 0.25) is 5.02 Å². The number of halogens is 1. The van der Waals surface area contributed by atoms with Crippen LogP contribution in [0.25, 0.3) is 10.6 Å². The van der Waals surface area contributed by atoms with Crippen molar-refractivity contribution in [2.75, 3.05) is 26.2 Å². The van der Waals surface area contributed by atoms with E-state index >= 15 is 0 Å². The Morgan fingerprint density at radius 3 is 2.62 bits per heavy atom. The van der Waals surface area contributed by atoms with Gasteiger partial charge in [0.1, 0.15) is 9.88 Å². The molecule has 0 spiro atoms. The topological polar surface area (TPSA) is 65.5 Å². The van der Waals surface area contributed by atoms with Crippen LogP contribution in [0.15, 0.2) is 24.3 Å². The second kappa shape index (κ2) is 8.42. The Morgan fingerprint density at radius 1 is 1.24 bits per heavy atom. The summed E-state index contributed by atoms with van der Waals surface area (Å²) in [6.07, 6.45) is 2.18. The lowest BCUT2D eigenvalue weighted by molar-refractivity contribution is -0.126. The normalized spacial score (nSPS) is 18.5. The Bertz CT molecular complexity index is 919. The number of hydrogen-bond acceptors (Lipinski definition) is 5. The Labute approximate surface area is 179 Å². The van der Waals surface area contributed by atoms with E-state index in [0.29, 0.717) is 42.1 Å². The zero-order valence-corrected chi connectivity index (χ0v) is 18.2. The van der Waals surface area contributed by atoms with E-state index in [1.807, 2.05) is 43.0 Å². The maximum absolute atomic E-state index is 13.1. The van der Waals surface area contributed by atoms with Gasteiger partial charge in [0, 0.05) is 42.8 Å². The van der Waals surface area contributed by atoms with Crippen LogP contribution in [0.5, 0.6) is 0 Å². The Balaban J connectivity index is 1.39. The van der Waals surface area contributed by atoms with E-state index < -0.39 is 0 Å². The molecule has 2 fully saturated rings. The third-order valence-corrected chi connectivity index (χ3v) is 6.94. The van der Waals surface area contributed by atoms with Crippen LogP contribution in [-0.4, -0.2) is 64.9 Å². The summed E-state index contributed by atoms with van der Waals surface area (Å²) >= 11 is 7.50. The molecule has 2 aromatic rings. The fourth-order valence-electron chi connectivity index (χ4n) is 3.51. The van der Waals surface area contributed by atoms with E-state index in [-0.39, 0.29) is 17.9 Å². The molecular weight excluding hydrogens is 408 g/mol. The number of piperazine rings is 1. The minimum absolute atomic E-state index is 0.0167. The fourth-order valence-corrected chi connectivity index (χ4v) is 4.73. The summed E-state index contributed by atoms with van der Waals surface area (Å²) < 4.78 is 0. The zero-order chi connectivity index (χ0) is 20.5. The van der Waals surface area contributed by atoms with Crippen molar-refractivity contribution in [3.63, 3.8) is 0 Å². The van der Waals surface area contributed by atoms with Gasteiger partial charge in [-0.3, -0.25) is 14.5 Å². The van der Waals surface area contributed by atoms with Crippen LogP contribution >= 0.6 is 22.9 Å². The highest BCUT2D eigenvalue weighted by molar-refractivity contribution is 7.17. The third kappa shape index (κ3) is 4.63. The molecule has 2 aliphatic rings. The standard InChI is InChI=1S/C21H25ClN4O2S/c1-13-18(29-20(23-13)15-4-3-5-16(22)12-15)21(28)26-10-8-25(9-11-26)14(2)19(27)24-17-6-7-17/h3-5,12,14,17H,6-11H2,1-2H3,(H,24,27). The minimum Gasteiger partial charge on any atom is -0.352 e. The van der Waals surface area contributed by atoms with Crippen molar-refractivity contribution >= 4 is 34.8 Å². The Morgan fingerprint density at radius 2 is 1.97 bits per heavy atom. The summed E-state index contributed by atoms with van der Waals surface area (Å²) in [5.74, 6) is 0.111. The fraction of sp³-hybridized carbons (Fsp3) is 0.476. The number of rotatable bonds is 5. The van der Waals surface area contributed by atoms with Crippen molar-refractivity contribution in [1.82, 2.24) is 20.1 Å². The molecule has 1 aliphatic carbocycles. The van der Waals surface area contributed by atoms with Gasteiger partial charge in [-0.2, -0.15) is 0 Å². The molecule has 8 heteroatoms. The molecule has 1 aromatic carbocycles. The van der Waals surface area contributed by atoms with Gasteiger partial charge in [0.25, 0.3) is 5.91 Å². The Hall–Kier alpha value is -1.96. The van der Waals surface area contributed by atoms with Crippen LogP contribution in [-0.2, 0) is 4.79 Å². The van der Waals surface area contributed by atoms with Gasteiger partial charge in [-0.05, 0) is 38.8 Å². The number of nitrogens with one attached hydrogen (secondary N) is 1. The second-order valence-corrected chi connectivity index (χ2v) is 9.17. The molecule has 2 heterocycles. The number of hydrogen-bond donors (Lipinski definition) is 1. The zero-order valence-electron chi connectivity index (χ0n) is 16.7. The molecule has 29 heavy (non-hydrogen) atoms. The number of benzene rings is 1. The maximum Gasteiger partial charge on any atom is 0.265 e. The van der Waals surface area contributed by atoms with Gasteiger partial charge in [0.2, 0.25) is 5.91 Å². The van der Waals surface area contributed by atoms with Gasteiger partial charge >= 0.3 is 0 Å². The third-order valence-electron chi connectivity index (χ3n) is 5.51. The van der Waals surface area contributed by atoms with Gasteiger partial charge in [0.05, 0.1) is 11.7 Å². The molecule has 1 atom stereocenters. The SMILES string of the molecule is Cc1nc(-c2cccc(Cl)c2)sc1C(=O)N1CCN(C(C)C(=O)NC2CC2)CC1. The number of nitrogens with zero attached hydrogens (tertiary/aromatic N) is 3. The number of aryl methyl sites for hydroxylation is 1. The van der Waals surface area contributed by atoms with E-state index in [1.165, 1.54) is 11.3 Å². The van der Waals surface area contributed by atoms with Crippen molar-refractivity contribution in [2.24, 2.45) is 0 Å². The quantitative estimate of drug-likeness (QED) is 0.787. The monoisotopic (exact) mass is 432 g/mol. The lowest BCUT2D eigenvalue weighted by atomic mass is 10.2. The Kier molecular flexibility index (Phi) is 5.90. The van der Waals surface area contributed by atoms with Gasteiger partial charge in [-0.1, -0.05) is 23.7 Å². The summed E-state index contributed by atoms with van der Waals surface area (Å²) in [7, 11) is 0. The van der Waals surface area contributed by atoms with Crippen LogP contribution < -0.4 is 5.32 Å². The largest absolute Gasteiger partial charge is 0.352 e. The first-order valence-electron chi connectivity index (χ1n) is 9.99. The molecule has 0 radical (unpaired) electrons. The van der Waals surface area contributed by atoms with Gasteiger partial charge in [0.15, 0.2) is 0 Å². The lowest BCUT2D eigenvalue weighted by Crippen LogP contribution is -2.55. The van der Waals surface area contributed by atoms with Gasteiger partial charge in [-0.15, -0.1) is 11.3 Å². The number of amides is 2. The number of carbonyl (C=O) groups excluding carboxylic acids is 2. The minimum atomic E-state index is -0.160. The first-order chi connectivity index (χ1) is 13.9. The average Bonchev–Trinajstić information content (AvgIpc) is 3.45. The molecule has 154 valence electrons. The average molecular weight is 433 g/mol. The molecule has 1 saturated heterocycles. The van der Waals surface area contributed by atoms with Crippen LogP contribution in [0.1, 0.15) is 35.1 Å². The summed E-state index contributed by atoms with van der Waals surface area (Å²) in [6, 6.07) is 7.73. The first-order valence-corrected chi connectivity index (χ1v) is 11.2. The first kappa shape index (κ1) is 20.3. The van der Waals surface area contributed by atoms with Crippen molar-refractivity contribution in [1.29, 1.82) is 0 Å². The van der Waals surface area contributed by atoms with E-state index in [4.69, 9.17) is 11.6 Å². The molecule has 1 saturated carbocycles. The summed E-state index contributed by atoms with van der Waals surface area (Å²) in [5.41, 5.74) is 1.67. The van der Waals surface area contributed by atoms with Gasteiger partial charge in [-0.25, -0.2) is 4.98 Å². The van der Waals surface area contributed by atoms with Crippen LogP contribution in [0.3, 0.4) is 0 Å². The smallest absolute Gasteiger partial charge is 0.265 e. The molecule has 1 unspecified atom stereocenters. The highest BCUT2D eigenvalue weighted by Gasteiger charge is 2.31. The molecule has 4 rings (SSSR count). The predicted octanol–water partition coefficient (Wildman–Crippen LogP) is 3.20. The van der Waals surface area contributed by atoms with Crippen molar-refractivity contribution in [2.45, 2.75) is 38.8 Å². The van der Waals surface area contributed by atoms with Crippen molar-refractivity contribution < 1.29 is 9.59 Å². The predicted molar refractivity (Wildman–Crippen MR) is 115 cm³/mol. The molecule has 1 N–H and O–H groups in total. The van der Waals surface area contributed by atoms with Crippen molar-refractivity contribution in [3.05, 3.63) is 39.9 Å². The lowest BCUT2D eigenvalue weighted by Gasteiger charge is -2.37. The molecule has 0 bridgehead atoms. The van der Waals surface area contributed by atoms with E-state index in [0.717, 1.165) is 29.1 Å². The molecule has 2 amide bonds. The maximum atomic E-state index is 13.1. The molecular formula is C21H25ClN4O2S. The molecule has 6 nitrogen and oxygen atoms in total. The highest BCUT2D eigenvalue weighted by Crippen LogP contribution is 2.30. The second-order valence-electron chi connectivity index (χ2n) is 7.73. The molecule has 1 aromatic heterocycles. The number of aromatic nitrogens is 1. The highest BCUT2D eigenvalue weighted by atomic mass is 35.5. The number of thiazole rings is 1. The van der Waals surface area contributed by atoms with Crippen molar-refractivity contribution in [3.8, 4) is 10.6 Å². The summed E-state index contributed by atoms with van der Waals surface area (Å²) in [5, 5.41) is 4.52. The molecule has 1 aliphatic heterocycles. The van der Waals surface area contributed by atoms with Gasteiger partial charge < -0.3 is 10.2 Å². The van der Waals surface area contributed by atoms with Crippen LogP contribution in [0.4, 0.5) is 0 Å². The summed E-state index contributed by atoms with van der Waals surface area (Å²) in [6.45, 7) is 6.44. The van der Waals surface area contributed by atoms with E-state index in [2.05, 4.69) is 15.2 Å². The van der Waals surface area contributed by atoms with E-state index in [9.17, 15) is 9.59 Å². The summed E-state index contributed by atoms with van der Waals surface area (Å²) in [4.78, 5) is 34.6. The van der Waals surface area contributed by atoms with E-state index in [1.54, 1.807) is 0 Å².